The Morgan fingerprint density at radius 2 is 1.80 bits per heavy atom. The van der Waals surface area contributed by atoms with E-state index in [1.807, 2.05) is 38.1 Å². The molecule has 11 heteroatoms. The van der Waals surface area contributed by atoms with Gasteiger partial charge in [0.05, 0.1) is 42.1 Å². The summed E-state index contributed by atoms with van der Waals surface area (Å²) in [6.07, 6.45) is -3.79. The minimum absolute atomic E-state index is 0.108. The number of aromatic nitrogens is 2. The number of ketones is 1. The Morgan fingerprint density at radius 1 is 1.07 bits per heavy atom. The zero-order valence-corrected chi connectivity index (χ0v) is 22.9. The van der Waals surface area contributed by atoms with Crippen LogP contribution in [-0.4, -0.2) is 33.8 Å². The molecule has 1 aromatic heterocycles. The first-order chi connectivity index (χ1) is 19.6. The first-order valence-corrected chi connectivity index (χ1v) is 13.2. The van der Waals surface area contributed by atoms with Crippen molar-refractivity contribution in [3.63, 3.8) is 0 Å². The van der Waals surface area contributed by atoms with E-state index in [9.17, 15) is 18.0 Å². The number of fused-ring (bicyclic) bond motifs is 1. The van der Waals surface area contributed by atoms with E-state index in [-0.39, 0.29) is 31.1 Å². The summed E-state index contributed by atoms with van der Waals surface area (Å²) in [7, 11) is 1.77. The summed E-state index contributed by atoms with van der Waals surface area (Å²) in [4.78, 5) is 17.5. The fraction of sp³-hybridized carbons (Fsp3) is 0.300. The molecule has 212 valence electrons. The van der Waals surface area contributed by atoms with Gasteiger partial charge in [0, 0.05) is 12.6 Å². The van der Waals surface area contributed by atoms with Crippen LogP contribution in [0.1, 0.15) is 46.8 Å². The van der Waals surface area contributed by atoms with Crippen molar-refractivity contribution in [1.82, 2.24) is 9.13 Å². The molecule has 0 unspecified atom stereocenters. The van der Waals surface area contributed by atoms with Gasteiger partial charge in [-0.05, 0) is 48.4 Å². The van der Waals surface area contributed by atoms with Crippen LogP contribution in [0.5, 0.6) is 5.75 Å². The highest BCUT2D eigenvalue weighted by atomic mass is 19.4. The number of carbonyl (C=O) groups is 1. The Morgan fingerprint density at radius 3 is 2.44 bits per heavy atom. The molecule has 1 aliphatic heterocycles. The largest absolute Gasteiger partial charge is 0.491 e. The van der Waals surface area contributed by atoms with Gasteiger partial charge >= 0.3 is 6.18 Å². The Hall–Kier alpha value is -4.54. The van der Waals surface area contributed by atoms with Crippen molar-refractivity contribution >= 4 is 28.2 Å². The van der Waals surface area contributed by atoms with Crippen molar-refractivity contribution in [3.8, 4) is 5.75 Å². The highest BCUT2D eigenvalue weighted by Crippen LogP contribution is 2.36. The van der Waals surface area contributed by atoms with Gasteiger partial charge in [0.25, 0.3) is 0 Å². The summed E-state index contributed by atoms with van der Waals surface area (Å²) in [5.74, 6) is 0.0375. The molecule has 0 amide bonds. The minimum Gasteiger partial charge on any atom is -0.491 e. The van der Waals surface area contributed by atoms with Crippen LogP contribution in [-0.2, 0) is 19.8 Å². The number of Topliss-reactive ketones (excluding diaryl/α,β-unsaturated/α-hetero) is 1. The SMILES string of the molecule is CCCOc1cc(C(F)(F)F)cc2c1n(C)c(=Nc1ccc(C)cc1)n2Cc1ccc(C(=O)CC2=NN=NC2)cc1. The number of benzene rings is 3. The molecule has 0 atom stereocenters. The summed E-state index contributed by atoms with van der Waals surface area (Å²) < 4.78 is 51.3. The third kappa shape index (κ3) is 6.13. The van der Waals surface area contributed by atoms with Crippen LogP contribution in [0, 0.1) is 6.92 Å². The van der Waals surface area contributed by atoms with E-state index in [1.54, 1.807) is 40.4 Å². The predicted octanol–water partition coefficient (Wildman–Crippen LogP) is 6.77. The lowest BCUT2D eigenvalue weighted by molar-refractivity contribution is -0.137. The second-order valence-electron chi connectivity index (χ2n) is 9.93. The number of ether oxygens (including phenoxy) is 1. The highest BCUT2D eigenvalue weighted by molar-refractivity contribution is 6.10. The van der Waals surface area contributed by atoms with Crippen molar-refractivity contribution in [2.45, 2.75) is 39.4 Å². The first kappa shape index (κ1) is 28.0. The molecule has 41 heavy (non-hydrogen) atoms. The lowest BCUT2D eigenvalue weighted by Crippen LogP contribution is -2.24. The number of aryl methyl sites for hydroxylation is 2. The van der Waals surface area contributed by atoms with Gasteiger partial charge in [-0.2, -0.15) is 18.3 Å². The molecule has 0 saturated carbocycles. The first-order valence-electron chi connectivity index (χ1n) is 13.2. The minimum atomic E-state index is -4.56. The Labute approximate surface area is 234 Å². The number of hydrogen-bond acceptors (Lipinski definition) is 6. The Kier molecular flexibility index (Phi) is 7.87. The van der Waals surface area contributed by atoms with Crippen LogP contribution in [0.2, 0.25) is 0 Å². The van der Waals surface area contributed by atoms with E-state index in [0.29, 0.717) is 46.6 Å². The maximum atomic E-state index is 14.0. The van der Waals surface area contributed by atoms with Gasteiger partial charge in [-0.15, -0.1) is 5.10 Å². The number of alkyl halides is 3. The molecule has 5 rings (SSSR count). The maximum Gasteiger partial charge on any atom is 0.416 e. The second kappa shape index (κ2) is 11.5. The molecule has 0 radical (unpaired) electrons. The summed E-state index contributed by atoms with van der Waals surface area (Å²) in [5.41, 5.74) is 4.14. The summed E-state index contributed by atoms with van der Waals surface area (Å²) in [5, 5.41) is 11.2. The summed E-state index contributed by atoms with van der Waals surface area (Å²) in [6, 6.07) is 16.8. The molecule has 0 spiro atoms. The van der Waals surface area contributed by atoms with Crippen LogP contribution in [0.25, 0.3) is 11.0 Å². The standard InChI is InChI=1S/C30H29F3N6O2/c1-4-13-41-27-15-22(30(31,32)33)14-25-28(27)38(3)29(35-23-11-5-19(2)6-12-23)39(25)18-20-7-9-21(10-8-20)26(40)16-24-17-34-37-36-24/h5-12,14-15H,4,13,16-18H2,1-3H3. The Bertz CT molecular complexity index is 1710. The van der Waals surface area contributed by atoms with Crippen LogP contribution in [0.3, 0.4) is 0 Å². The van der Waals surface area contributed by atoms with Crippen LogP contribution < -0.4 is 10.4 Å². The number of hydrogen-bond donors (Lipinski definition) is 0. The zero-order valence-electron chi connectivity index (χ0n) is 22.9. The molecule has 3 aromatic carbocycles. The number of halogens is 3. The number of imidazole rings is 1. The molecule has 0 bridgehead atoms. The lowest BCUT2D eigenvalue weighted by Gasteiger charge is -2.13. The average molecular weight is 563 g/mol. The van der Waals surface area contributed by atoms with Gasteiger partial charge in [0.1, 0.15) is 17.8 Å². The number of nitrogens with zero attached hydrogens (tertiary/aromatic N) is 6. The molecule has 0 aliphatic carbocycles. The molecule has 8 nitrogen and oxygen atoms in total. The maximum absolute atomic E-state index is 14.0. The van der Waals surface area contributed by atoms with Crippen molar-refractivity contribution in [3.05, 3.63) is 88.5 Å². The van der Waals surface area contributed by atoms with Gasteiger partial charge in [0.2, 0.25) is 5.62 Å². The van der Waals surface area contributed by atoms with E-state index in [2.05, 4.69) is 15.4 Å². The molecule has 0 fully saturated rings. The van der Waals surface area contributed by atoms with E-state index < -0.39 is 11.7 Å². The molecule has 4 aromatic rings. The highest BCUT2D eigenvalue weighted by Gasteiger charge is 2.33. The average Bonchev–Trinajstić information content (AvgIpc) is 3.55. The van der Waals surface area contributed by atoms with Crippen molar-refractivity contribution in [2.24, 2.45) is 27.5 Å². The number of carbonyl (C=O) groups excluding carboxylic acids is 1. The fourth-order valence-corrected chi connectivity index (χ4v) is 4.63. The van der Waals surface area contributed by atoms with Crippen LogP contribution in [0.4, 0.5) is 18.9 Å². The zero-order chi connectivity index (χ0) is 29.1. The summed E-state index contributed by atoms with van der Waals surface area (Å²) >= 11 is 0. The van der Waals surface area contributed by atoms with Gasteiger partial charge in [-0.3, -0.25) is 4.79 Å². The third-order valence-electron chi connectivity index (χ3n) is 6.76. The quantitative estimate of drug-likeness (QED) is 0.211. The molecule has 0 N–H and O–H groups in total. The van der Waals surface area contributed by atoms with E-state index in [1.165, 1.54) is 0 Å². The monoisotopic (exact) mass is 562 g/mol. The molecular formula is C30H29F3N6O2. The van der Waals surface area contributed by atoms with E-state index in [4.69, 9.17) is 9.73 Å². The smallest absolute Gasteiger partial charge is 0.416 e. The fourth-order valence-electron chi connectivity index (χ4n) is 4.63. The molecular weight excluding hydrogens is 533 g/mol. The topological polar surface area (TPSA) is 85.6 Å². The van der Waals surface area contributed by atoms with Crippen LogP contribution in [0.15, 0.2) is 81.1 Å². The summed E-state index contributed by atoms with van der Waals surface area (Å²) in [6.45, 7) is 4.68. The van der Waals surface area contributed by atoms with E-state index in [0.717, 1.165) is 23.3 Å². The van der Waals surface area contributed by atoms with Crippen LogP contribution >= 0.6 is 0 Å². The van der Waals surface area contributed by atoms with Gasteiger partial charge in [0.15, 0.2) is 5.78 Å². The van der Waals surface area contributed by atoms with Crippen molar-refractivity contribution in [1.29, 1.82) is 0 Å². The Balaban J connectivity index is 1.62. The third-order valence-corrected chi connectivity index (χ3v) is 6.76. The predicted molar refractivity (Wildman–Crippen MR) is 150 cm³/mol. The van der Waals surface area contributed by atoms with Crippen molar-refractivity contribution in [2.75, 3.05) is 13.2 Å². The van der Waals surface area contributed by atoms with Crippen molar-refractivity contribution < 1.29 is 22.7 Å². The molecule has 0 saturated heterocycles. The molecule has 2 heterocycles. The lowest BCUT2D eigenvalue weighted by atomic mass is 10.0. The normalized spacial score (nSPS) is 13.7. The van der Waals surface area contributed by atoms with E-state index >= 15 is 0 Å². The molecule has 1 aliphatic rings. The second-order valence-corrected chi connectivity index (χ2v) is 9.93. The van der Waals surface area contributed by atoms with Gasteiger partial charge < -0.3 is 13.9 Å². The van der Waals surface area contributed by atoms with Gasteiger partial charge in [-0.25, -0.2) is 4.99 Å². The van der Waals surface area contributed by atoms with Gasteiger partial charge in [-0.1, -0.05) is 48.9 Å². The number of rotatable bonds is 9.